The third kappa shape index (κ3) is 3.72. The van der Waals surface area contributed by atoms with E-state index in [1.165, 1.54) is 25.7 Å². The van der Waals surface area contributed by atoms with Crippen molar-refractivity contribution in [3.05, 3.63) is 0 Å². The van der Waals surface area contributed by atoms with Crippen LogP contribution < -0.4 is 5.73 Å². The van der Waals surface area contributed by atoms with Crippen LogP contribution >= 0.6 is 0 Å². The van der Waals surface area contributed by atoms with Gasteiger partial charge >= 0.3 is 0 Å². The summed E-state index contributed by atoms with van der Waals surface area (Å²) >= 11 is 0. The van der Waals surface area contributed by atoms with Crippen molar-refractivity contribution in [3.63, 3.8) is 0 Å². The maximum absolute atomic E-state index is 6.25. The minimum atomic E-state index is -0.135. The predicted molar refractivity (Wildman–Crippen MR) is 66.5 cm³/mol. The highest BCUT2D eigenvalue weighted by atomic mass is 16.5. The molecular weight excluding hydrogens is 202 g/mol. The van der Waals surface area contributed by atoms with Crippen molar-refractivity contribution >= 4 is 0 Å². The van der Waals surface area contributed by atoms with Crippen LogP contribution in [-0.2, 0) is 9.47 Å². The first-order valence-corrected chi connectivity index (χ1v) is 6.63. The molecule has 0 aromatic heterocycles. The van der Waals surface area contributed by atoms with Crippen LogP contribution in [0.2, 0.25) is 0 Å². The molecule has 0 amide bonds. The summed E-state index contributed by atoms with van der Waals surface area (Å²) in [6.07, 6.45) is 8.30. The van der Waals surface area contributed by atoms with Crippen molar-refractivity contribution in [3.8, 4) is 0 Å². The fraction of sp³-hybridized carbons (Fsp3) is 1.00. The molecule has 1 atom stereocenters. The van der Waals surface area contributed by atoms with Crippen molar-refractivity contribution in [1.82, 2.24) is 0 Å². The highest BCUT2D eigenvalue weighted by Gasteiger charge is 2.37. The van der Waals surface area contributed by atoms with Gasteiger partial charge in [0.05, 0.1) is 18.2 Å². The minimum absolute atomic E-state index is 0.0159. The van der Waals surface area contributed by atoms with Crippen molar-refractivity contribution in [2.45, 2.75) is 63.5 Å². The molecule has 1 rings (SSSR count). The van der Waals surface area contributed by atoms with Gasteiger partial charge in [-0.05, 0) is 19.3 Å². The summed E-state index contributed by atoms with van der Waals surface area (Å²) in [5, 5.41) is 0. The molecule has 1 aliphatic carbocycles. The van der Waals surface area contributed by atoms with Crippen LogP contribution in [0.15, 0.2) is 0 Å². The summed E-state index contributed by atoms with van der Waals surface area (Å²) in [4.78, 5) is 0. The van der Waals surface area contributed by atoms with E-state index >= 15 is 0 Å². The summed E-state index contributed by atoms with van der Waals surface area (Å²) < 4.78 is 11.3. The SMILES string of the molecule is CCCOCC(N)C1(OC)CCCCCC1. The van der Waals surface area contributed by atoms with Crippen LogP contribution in [0.1, 0.15) is 51.9 Å². The Hall–Kier alpha value is -0.120. The number of hydrogen-bond donors (Lipinski definition) is 1. The first-order chi connectivity index (χ1) is 7.75. The van der Waals surface area contributed by atoms with E-state index in [4.69, 9.17) is 15.2 Å². The van der Waals surface area contributed by atoms with Crippen LogP contribution in [0.25, 0.3) is 0 Å². The average molecular weight is 229 g/mol. The minimum Gasteiger partial charge on any atom is -0.380 e. The number of rotatable bonds is 6. The van der Waals surface area contributed by atoms with Gasteiger partial charge in [-0.15, -0.1) is 0 Å². The molecule has 0 bridgehead atoms. The second-order valence-electron chi connectivity index (χ2n) is 4.86. The van der Waals surface area contributed by atoms with Crippen molar-refractivity contribution < 1.29 is 9.47 Å². The number of hydrogen-bond acceptors (Lipinski definition) is 3. The number of nitrogens with two attached hydrogens (primary N) is 1. The molecule has 3 nitrogen and oxygen atoms in total. The standard InChI is InChI=1S/C13H27NO2/c1-3-10-16-11-12(14)13(15-2)8-6-4-5-7-9-13/h12H,3-11,14H2,1-2H3. The Morgan fingerprint density at radius 2 is 1.81 bits per heavy atom. The first-order valence-electron chi connectivity index (χ1n) is 6.63. The van der Waals surface area contributed by atoms with E-state index in [0.717, 1.165) is 25.9 Å². The third-order valence-electron chi connectivity index (χ3n) is 3.68. The van der Waals surface area contributed by atoms with Gasteiger partial charge < -0.3 is 15.2 Å². The fourth-order valence-electron chi connectivity index (χ4n) is 2.56. The van der Waals surface area contributed by atoms with E-state index in [1.54, 1.807) is 7.11 Å². The molecule has 2 N–H and O–H groups in total. The van der Waals surface area contributed by atoms with E-state index in [1.807, 2.05) is 0 Å². The van der Waals surface area contributed by atoms with Gasteiger partial charge in [0.2, 0.25) is 0 Å². The average Bonchev–Trinajstić information content (AvgIpc) is 2.55. The van der Waals surface area contributed by atoms with E-state index < -0.39 is 0 Å². The molecule has 0 aromatic carbocycles. The Bertz CT molecular complexity index is 177. The zero-order valence-corrected chi connectivity index (χ0v) is 10.8. The van der Waals surface area contributed by atoms with Crippen LogP contribution in [-0.4, -0.2) is 32.0 Å². The Morgan fingerprint density at radius 1 is 1.19 bits per heavy atom. The molecule has 0 spiro atoms. The highest BCUT2D eigenvalue weighted by molar-refractivity contribution is 4.92. The van der Waals surface area contributed by atoms with Gasteiger partial charge in [-0.2, -0.15) is 0 Å². The van der Waals surface area contributed by atoms with Crippen LogP contribution in [0.3, 0.4) is 0 Å². The third-order valence-corrected chi connectivity index (χ3v) is 3.68. The Labute approximate surface area is 99.7 Å². The van der Waals surface area contributed by atoms with Crippen LogP contribution in [0.5, 0.6) is 0 Å². The Kier molecular flexibility index (Phi) is 6.32. The van der Waals surface area contributed by atoms with Gasteiger partial charge in [0.25, 0.3) is 0 Å². The molecule has 1 unspecified atom stereocenters. The monoisotopic (exact) mass is 229 g/mol. The summed E-state index contributed by atoms with van der Waals surface area (Å²) in [5.41, 5.74) is 6.12. The van der Waals surface area contributed by atoms with Gasteiger partial charge in [0.1, 0.15) is 0 Å². The molecule has 0 aromatic rings. The second kappa shape index (κ2) is 7.25. The number of methoxy groups -OCH3 is 1. The molecule has 16 heavy (non-hydrogen) atoms. The predicted octanol–water partition coefficient (Wildman–Crippen LogP) is 2.48. The lowest BCUT2D eigenvalue weighted by Crippen LogP contribution is -2.51. The molecule has 3 heteroatoms. The lowest BCUT2D eigenvalue weighted by molar-refractivity contribution is -0.0634. The number of ether oxygens (including phenoxy) is 2. The first kappa shape index (κ1) is 13.9. The van der Waals surface area contributed by atoms with Crippen molar-refractivity contribution in [2.75, 3.05) is 20.3 Å². The summed E-state index contributed by atoms with van der Waals surface area (Å²) in [5.74, 6) is 0. The molecule has 0 aliphatic heterocycles. The van der Waals surface area contributed by atoms with E-state index in [2.05, 4.69) is 6.92 Å². The largest absolute Gasteiger partial charge is 0.380 e. The highest BCUT2D eigenvalue weighted by Crippen LogP contribution is 2.32. The molecule has 0 heterocycles. The van der Waals surface area contributed by atoms with Gasteiger partial charge in [0.15, 0.2) is 0 Å². The zero-order chi connectivity index (χ0) is 11.9. The topological polar surface area (TPSA) is 44.5 Å². The van der Waals surface area contributed by atoms with Gasteiger partial charge in [-0.1, -0.05) is 32.6 Å². The van der Waals surface area contributed by atoms with Gasteiger partial charge in [-0.3, -0.25) is 0 Å². The fourth-order valence-corrected chi connectivity index (χ4v) is 2.56. The quantitative estimate of drug-likeness (QED) is 0.562. The van der Waals surface area contributed by atoms with E-state index in [0.29, 0.717) is 6.61 Å². The van der Waals surface area contributed by atoms with Crippen LogP contribution in [0, 0.1) is 0 Å². The smallest absolute Gasteiger partial charge is 0.0851 e. The molecule has 1 aliphatic rings. The van der Waals surface area contributed by atoms with Crippen molar-refractivity contribution in [1.29, 1.82) is 0 Å². The maximum atomic E-state index is 6.25. The molecule has 0 radical (unpaired) electrons. The lowest BCUT2D eigenvalue weighted by Gasteiger charge is -2.37. The van der Waals surface area contributed by atoms with Crippen LogP contribution in [0.4, 0.5) is 0 Å². The van der Waals surface area contributed by atoms with E-state index in [-0.39, 0.29) is 11.6 Å². The lowest BCUT2D eigenvalue weighted by atomic mass is 9.87. The van der Waals surface area contributed by atoms with E-state index in [9.17, 15) is 0 Å². The molecular formula is C13H27NO2. The summed E-state index contributed by atoms with van der Waals surface area (Å²) in [6, 6.07) is 0.0159. The maximum Gasteiger partial charge on any atom is 0.0851 e. The Balaban J connectivity index is 2.48. The normalized spacial score (nSPS) is 22.7. The second-order valence-corrected chi connectivity index (χ2v) is 4.86. The molecule has 1 saturated carbocycles. The van der Waals surface area contributed by atoms with Crippen molar-refractivity contribution in [2.24, 2.45) is 5.73 Å². The molecule has 0 saturated heterocycles. The summed E-state index contributed by atoms with van der Waals surface area (Å²) in [7, 11) is 1.80. The van der Waals surface area contributed by atoms with Gasteiger partial charge in [-0.25, -0.2) is 0 Å². The summed E-state index contributed by atoms with van der Waals surface area (Å²) in [6.45, 7) is 3.54. The zero-order valence-electron chi connectivity index (χ0n) is 10.8. The Morgan fingerprint density at radius 3 is 2.31 bits per heavy atom. The molecule has 1 fully saturated rings. The molecule has 96 valence electrons. The van der Waals surface area contributed by atoms with Gasteiger partial charge in [0, 0.05) is 13.7 Å².